The highest BCUT2D eigenvalue weighted by Gasteiger charge is 2.35. The Kier molecular flexibility index (Phi) is 6.55. The molecule has 166 valence electrons. The number of fused-ring (bicyclic) bond motifs is 2. The lowest BCUT2D eigenvalue weighted by Crippen LogP contribution is -2.33. The average molecular weight is 452 g/mol. The van der Waals surface area contributed by atoms with Crippen LogP contribution >= 0.6 is 11.8 Å². The lowest BCUT2D eigenvalue weighted by atomic mass is 10.1. The molecule has 0 fully saturated rings. The first-order valence-electron chi connectivity index (χ1n) is 10.5. The number of imide groups is 1. The van der Waals surface area contributed by atoms with Crippen LogP contribution in [-0.4, -0.2) is 55.8 Å². The van der Waals surface area contributed by atoms with E-state index in [0.29, 0.717) is 23.4 Å². The van der Waals surface area contributed by atoms with Crippen LogP contribution in [0.4, 0.5) is 0 Å². The summed E-state index contributed by atoms with van der Waals surface area (Å²) in [4.78, 5) is 39.1. The quantitative estimate of drug-likeness (QED) is 0.503. The number of benzene rings is 1. The van der Waals surface area contributed by atoms with E-state index in [0.717, 1.165) is 23.4 Å². The predicted molar refractivity (Wildman–Crippen MR) is 123 cm³/mol. The maximum absolute atomic E-state index is 12.7. The van der Waals surface area contributed by atoms with Gasteiger partial charge in [-0.3, -0.25) is 23.7 Å². The molecule has 0 saturated carbocycles. The Morgan fingerprint density at radius 2 is 1.94 bits per heavy atom. The van der Waals surface area contributed by atoms with E-state index in [4.69, 9.17) is 0 Å². The van der Waals surface area contributed by atoms with Crippen LogP contribution in [-0.2, 0) is 4.79 Å². The standard InChI is InChI=1S/C23H25N5O3S/c1-15-8-9-16-17(14-15)23(31)28(22(16)30)12-5-7-20(29)24-18(10-13-32-2)21-26-25-19-6-3-4-11-27(19)21/h3-4,6,8-9,11,14,18H,5,7,10,12-13H2,1-2H3,(H,24,29). The molecular formula is C23H25N5O3S. The van der Waals surface area contributed by atoms with Gasteiger partial charge in [0.15, 0.2) is 11.5 Å². The second kappa shape index (κ2) is 9.52. The molecule has 1 aliphatic heterocycles. The Labute approximate surface area is 190 Å². The molecule has 1 atom stereocenters. The van der Waals surface area contributed by atoms with E-state index in [1.165, 1.54) is 4.90 Å². The number of rotatable bonds is 9. The predicted octanol–water partition coefficient (Wildman–Crippen LogP) is 3.02. The van der Waals surface area contributed by atoms with Gasteiger partial charge in [-0.05, 0) is 56.0 Å². The minimum absolute atomic E-state index is 0.142. The van der Waals surface area contributed by atoms with Gasteiger partial charge in [-0.25, -0.2) is 0 Å². The molecule has 4 rings (SSSR count). The van der Waals surface area contributed by atoms with E-state index in [1.807, 2.05) is 48.0 Å². The molecule has 3 heterocycles. The number of pyridine rings is 1. The van der Waals surface area contributed by atoms with Crippen LogP contribution < -0.4 is 5.32 Å². The largest absolute Gasteiger partial charge is 0.346 e. The van der Waals surface area contributed by atoms with Gasteiger partial charge >= 0.3 is 0 Å². The van der Waals surface area contributed by atoms with Gasteiger partial charge in [-0.15, -0.1) is 10.2 Å². The topological polar surface area (TPSA) is 96.7 Å². The van der Waals surface area contributed by atoms with Crippen LogP contribution in [0.5, 0.6) is 0 Å². The molecule has 1 aliphatic rings. The fourth-order valence-corrected chi connectivity index (χ4v) is 4.34. The van der Waals surface area contributed by atoms with E-state index < -0.39 is 0 Å². The smallest absolute Gasteiger partial charge is 0.261 e. The normalized spacial score (nSPS) is 14.1. The van der Waals surface area contributed by atoms with Gasteiger partial charge in [0.25, 0.3) is 11.8 Å². The third kappa shape index (κ3) is 4.38. The molecule has 0 aliphatic carbocycles. The number of aryl methyl sites for hydroxylation is 1. The zero-order valence-electron chi connectivity index (χ0n) is 18.1. The van der Waals surface area contributed by atoms with Crippen LogP contribution in [0.15, 0.2) is 42.6 Å². The Bertz CT molecular complexity index is 1180. The van der Waals surface area contributed by atoms with Crippen LogP contribution in [0.3, 0.4) is 0 Å². The molecule has 3 amide bonds. The molecule has 0 radical (unpaired) electrons. The monoisotopic (exact) mass is 451 g/mol. The number of carbonyl (C=O) groups is 3. The number of carbonyl (C=O) groups excluding carboxylic acids is 3. The third-order valence-corrected chi connectivity index (χ3v) is 6.15. The van der Waals surface area contributed by atoms with Crippen molar-refractivity contribution in [2.24, 2.45) is 0 Å². The summed E-state index contributed by atoms with van der Waals surface area (Å²) in [7, 11) is 0. The fraction of sp³-hybridized carbons (Fsp3) is 0.348. The second-order valence-electron chi connectivity index (χ2n) is 7.80. The van der Waals surface area contributed by atoms with Crippen molar-refractivity contribution >= 4 is 35.1 Å². The van der Waals surface area contributed by atoms with E-state index in [2.05, 4.69) is 15.5 Å². The van der Waals surface area contributed by atoms with Crippen molar-refractivity contribution in [1.29, 1.82) is 0 Å². The average Bonchev–Trinajstić information content (AvgIpc) is 3.31. The van der Waals surface area contributed by atoms with Crippen LogP contribution in [0.1, 0.15) is 57.4 Å². The molecule has 0 bridgehead atoms. The van der Waals surface area contributed by atoms with E-state index >= 15 is 0 Å². The summed E-state index contributed by atoms with van der Waals surface area (Å²) in [5.74, 6) is 0.830. The lowest BCUT2D eigenvalue weighted by molar-refractivity contribution is -0.122. The number of aromatic nitrogens is 3. The molecule has 1 aromatic carbocycles. The van der Waals surface area contributed by atoms with Crippen molar-refractivity contribution in [1.82, 2.24) is 24.8 Å². The molecule has 9 heteroatoms. The van der Waals surface area contributed by atoms with Crippen molar-refractivity contribution < 1.29 is 14.4 Å². The first-order valence-corrected chi connectivity index (χ1v) is 11.9. The maximum atomic E-state index is 12.7. The summed E-state index contributed by atoms with van der Waals surface area (Å²) < 4.78 is 1.88. The lowest BCUT2D eigenvalue weighted by Gasteiger charge is -2.18. The minimum atomic E-state index is -0.293. The number of amides is 3. The molecule has 3 aromatic rings. The highest BCUT2D eigenvalue weighted by molar-refractivity contribution is 7.98. The minimum Gasteiger partial charge on any atom is -0.346 e. The Morgan fingerprint density at radius 1 is 1.12 bits per heavy atom. The van der Waals surface area contributed by atoms with Gasteiger partial charge in [0.2, 0.25) is 5.91 Å². The van der Waals surface area contributed by atoms with Crippen molar-refractivity contribution in [3.63, 3.8) is 0 Å². The van der Waals surface area contributed by atoms with Crippen molar-refractivity contribution in [3.05, 3.63) is 65.1 Å². The molecule has 32 heavy (non-hydrogen) atoms. The van der Waals surface area contributed by atoms with Gasteiger partial charge in [-0.2, -0.15) is 11.8 Å². The third-order valence-electron chi connectivity index (χ3n) is 5.51. The van der Waals surface area contributed by atoms with Gasteiger partial charge in [-0.1, -0.05) is 17.7 Å². The molecule has 2 aromatic heterocycles. The zero-order valence-corrected chi connectivity index (χ0v) is 18.9. The van der Waals surface area contributed by atoms with E-state index in [-0.39, 0.29) is 36.7 Å². The summed E-state index contributed by atoms with van der Waals surface area (Å²) in [5, 5.41) is 11.5. The van der Waals surface area contributed by atoms with Gasteiger partial charge in [0.05, 0.1) is 17.2 Å². The highest BCUT2D eigenvalue weighted by atomic mass is 32.2. The van der Waals surface area contributed by atoms with Crippen LogP contribution in [0.25, 0.3) is 5.65 Å². The van der Waals surface area contributed by atoms with Crippen molar-refractivity contribution in [2.75, 3.05) is 18.6 Å². The zero-order chi connectivity index (χ0) is 22.7. The number of thioether (sulfide) groups is 1. The van der Waals surface area contributed by atoms with E-state index in [1.54, 1.807) is 23.9 Å². The van der Waals surface area contributed by atoms with Crippen molar-refractivity contribution in [2.45, 2.75) is 32.2 Å². The molecule has 0 spiro atoms. The summed E-state index contributed by atoms with van der Waals surface area (Å²) in [6, 6.07) is 10.6. The number of hydrogen-bond donors (Lipinski definition) is 1. The Morgan fingerprint density at radius 3 is 2.75 bits per heavy atom. The first-order chi connectivity index (χ1) is 15.5. The molecule has 8 nitrogen and oxygen atoms in total. The first kappa shape index (κ1) is 22.0. The van der Waals surface area contributed by atoms with Crippen molar-refractivity contribution in [3.8, 4) is 0 Å². The SMILES string of the molecule is CSCCC(NC(=O)CCCN1C(=O)c2ccc(C)cc2C1=O)c1nnc2ccccn12. The molecule has 0 saturated heterocycles. The molecule has 1 unspecified atom stereocenters. The van der Waals surface area contributed by atoms with Gasteiger partial charge in [0.1, 0.15) is 0 Å². The fourth-order valence-electron chi connectivity index (χ4n) is 3.87. The van der Waals surface area contributed by atoms with Gasteiger partial charge < -0.3 is 5.32 Å². The molecular weight excluding hydrogens is 426 g/mol. The maximum Gasteiger partial charge on any atom is 0.261 e. The van der Waals surface area contributed by atoms with Gasteiger partial charge in [0, 0.05) is 19.2 Å². The van der Waals surface area contributed by atoms with Crippen LogP contribution in [0, 0.1) is 6.92 Å². The Hall–Kier alpha value is -3.20. The second-order valence-corrected chi connectivity index (χ2v) is 8.79. The summed E-state index contributed by atoms with van der Waals surface area (Å²) in [5.41, 5.74) is 2.53. The summed E-state index contributed by atoms with van der Waals surface area (Å²) >= 11 is 1.70. The molecule has 1 N–H and O–H groups in total. The number of nitrogens with zero attached hydrogens (tertiary/aromatic N) is 4. The highest BCUT2D eigenvalue weighted by Crippen LogP contribution is 2.24. The van der Waals surface area contributed by atoms with Crippen LogP contribution in [0.2, 0.25) is 0 Å². The Balaban J connectivity index is 1.37. The summed E-state index contributed by atoms with van der Waals surface area (Å²) in [6.07, 6.45) is 5.22. The summed E-state index contributed by atoms with van der Waals surface area (Å²) in [6.45, 7) is 2.10. The number of hydrogen-bond acceptors (Lipinski definition) is 6. The van der Waals surface area contributed by atoms with E-state index in [9.17, 15) is 14.4 Å². The number of nitrogens with one attached hydrogen (secondary N) is 1.